The Morgan fingerprint density at radius 3 is 2.50 bits per heavy atom. The van der Waals surface area contributed by atoms with E-state index in [1.807, 2.05) is 0 Å². The van der Waals surface area contributed by atoms with Gasteiger partial charge in [-0.05, 0) is 38.6 Å². The molecule has 1 amide bonds. The van der Waals surface area contributed by atoms with Crippen LogP contribution in [-0.4, -0.2) is 31.6 Å². The highest BCUT2D eigenvalue weighted by Crippen LogP contribution is 2.31. The average Bonchev–Trinajstić information content (AvgIpc) is 2.34. The summed E-state index contributed by atoms with van der Waals surface area (Å²) >= 11 is 0. The molecule has 1 fully saturated rings. The first-order valence-corrected chi connectivity index (χ1v) is 6.56. The number of carbonyl (C=O) groups is 1. The normalized spacial score (nSPS) is 18.1. The first-order chi connectivity index (χ1) is 9.37. The van der Waals surface area contributed by atoms with E-state index in [4.69, 9.17) is 0 Å². The van der Waals surface area contributed by atoms with Gasteiger partial charge in [-0.2, -0.15) is 0 Å². The number of rotatable bonds is 3. The fourth-order valence-electron chi connectivity index (χ4n) is 2.47. The Labute approximate surface area is 117 Å². The second-order valence-corrected chi connectivity index (χ2v) is 5.40. The molecule has 6 heteroatoms. The molecule has 1 aliphatic heterocycles. The summed E-state index contributed by atoms with van der Waals surface area (Å²) in [5, 5.41) is 5.56. The van der Waals surface area contributed by atoms with Crippen LogP contribution in [0.4, 0.5) is 14.5 Å². The lowest BCUT2D eigenvalue weighted by atomic mass is 9.97. The highest BCUT2D eigenvalue weighted by molar-refractivity contribution is 5.90. The Morgan fingerprint density at radius 1 is 1.35 bits per heavy atom. The summed E-state index contributed by atoms with van der Waals surface area (Å²) in [5.41, 5.74) is -0.583. The summed E-state index contributed by atoms with van der Waals surface area (Å²) in [6.07, 6.45) is 0. The molecule has 1 aliphatic rings. The fraction of sp³-hybridized carbons (Fsp3) is 0.500. The molecule has 2 N–H and O–H groups in total. The zero-order chi connectivity index (χ0) is 14.9. The van der Waals surface area contributed by atoms with Crippen LogP contribution in [-0.2, 0) is 11.3 Å². The minimum Gasteiger partial charge on any atom is -0.352 e. The number of anilines is 1. The number of nitrogens with one attached hydrogen (secondary N) is 2. The van der Waals surface area contributed by atoms with E-state index in [-0.39, 0.29) is 11.6 Å². The number of hydrogen-bond donors (Lipinski definition) is 2. The Morgan fingerprint density at radius 2 is 1.95 bits per heavy atom. The quantitative estimate of drug-likeness (QED) is 0.881. The molecule has 0 bridgehead atoms. The van der Waals surface area contributed by atoms with Gasteiger partial charge in [-0.1, -0.05) is 0 Å². The van der Waals surface area contributed by atoms with Crippen LogP contribution in [0.1, 0.15) is 19.4 Å². The molecule has 0 aliphatic carbocycles. The molecule has 0 atom stereocenters. The Bertz CT molecular complexity index is 508. The summed E-state index contributed by atoms with van der Waals surface area (Å²) in [6.45, 7) is 4.44. The van der Waals surface area contributed by atoms with Gasteiger partial charge in [-0.15, -0.1) is 0 Å². The van der Waals surface area contributed by atoms with E-state index in [2.05, 4.69) is 10.6 Å². The average molecular weight is 283 g/mol. The number of nitrogens with zero attached hydrogens (tertiary/aromatic N) is 1. The maximum atomic E-state index is 14.2. The number of halogens is 2. The van der Waals surface area contributed by atoms with Crippen molar-refractivity contribution in [3.63, 3.8) is 0 Å². The van der Waals surface area contributed by atoms with E-state index in [1.165, 1.54) is 17.0 Å². The predicted molar refractivity (Wildman–Crippen MR) is 73.6 cm³/mol. The molecule has 1 heterocycles. The van der Waals surface area contributed by atoms with Gasteiger partial charge in [0.1, 0.15) is 22.9 Å². The first kappa shape index (κ1) is 14.7. The van der Waals surface area contributed by atoms with Crippen LogP contribution >= 0.6 is 0 Å². The van der Waals surface area contributed by atoms with Crippen molar-refractivity contribution in [2.24, 2.45) is 0 Å². The molecular weight excluding hydrogens is 264 g/mol. The van der Waals surface area contributed by atoms with Crippen LogP contribution in [0, 0.1) is 11.6 Å². The van der Waals surface area contributed by atoms with Crippen molar-refractivity contribution < 1.29 is 13.6 Å². The number of hydrogen-bond acceptors (Lipinski definition) is 3. The van der Waals surface area contributed by atoms with Crippen molar-refractivity contribution in [1.29, 1.82) is 0 Å². The summed E-state index contributed by atoms with van der Waals surface area (Å²) in [7, 11) is 1.71. The lowest BCUT2D eigenvalue weighted by molar-refractivity contribution is -0.126. The SMILES string of the molecule is CNCc1cc(F)c(N2CCNC(=O)C2(C)C)c(F)c1. The largest absolute Gasteiger partial charge is 0.352 e. The van der Waals surface area contributed by atoms with Crippen molar-refractivity contribution in [3.05, 3.63) is 29.3 Å². The van der Waals surface area contributed by atoms with Gasteiger partial charge >= 0.3 is 0 Å². The minimum absolute atomic E-state index is 0.135. The highest BCUT2D eigenvalue weighted by Gasteiger charge is 2.40. The van der Waals surface area contributed by atoms with Crippen LogP contribution < -0.4 is 15.5 Å². The highest BCUT2D eigenvalue weighted by atomic mass is 19.1. The van der Waals surface area contributed by atoms with Crippen LogP contribution in [0.5, 0.6) is 0 Å². The van der Waals surface area contributed by atoms with Crippen LogP contribution in [0.2, 0.25) is 0 Å². The van der Waals surface area contributed by atoms with Crippen LogP contribution in [0.25, 0.3) is 0 Å². The van der Waals surface area contributed by atoms with Crippen molar-refractivity contribution in [1.82, 2.24) is 10.6 Å². The topological polar surface area (TPSA) is 44.4 Å². The molecule has 1 aromatic rings. The molecule has 0 saturated carbocycles. The molecule has 0 spiro atoms. The van der Waals surface area contributed by atoms with Gasteiger partial charge in [0.05, 0.1) is 0 Å². The second-order valence-electron chi connectivity index (χ2n) is 5.40. The van der Waals surface area contributed by atoms with Crippen molar-refractivity contribution in [3.8, 4) is 0 Å². The zero-order valence-electron chi connectivity index (χ0n) is 11.9. The molecule has 2 rings (SSSR count). The van der Waals surface area contributed by atoms with Gasteiger partial charge < -0.3 is 15.5 Å². The Kier molecular flexibility index (Phi) is 3.94. The fourth-order valence-corrected chi connectivity index (χ4v) is 2.47. The second kappa shape index (κ2) is 5.36. The zero-order valence-corrected chi connectivity index (χ0v) is 11.9. The minimum atomic E-state index is -0.982. The van der Waals surface area contributed by atoms with Gasteiger partial charge in [0, 0.05) is 19.6 Å². The maximum Gasteiger partial charge on any atom is 0.245 e. The molecular formula is C14H19F2N3O. The van der Waals surface area contributed by atoms with Gasteiger partial charge in [0.15, 0.2) is 0 Å². The standard InChI is InChI=1S/C14H19F2N3O/c1-14(2)13(20)18-4-5-19(14)12-10(15)6-9(8-17-3)7-11(12)16/h6-7,17H,4-5,8H2,1-3H3,(H,18,20). The third-order valence-corrected chi connectivity index (χ3v) is 3.58. The smallest absolute Gasteiger partial charge is 0.245 e. The number of carbonyl (C=O) groups excluding carboxylic acids is 1. The molecule has 0 unspecified atom stereocenters. The third-order valence-electron chi connectivity index (χ3n) is 3.58. The predicted octanol–water partition coefficient (Wildman–Crippen LogP) is 1.40. The summed E-state index contributed by atoms with van der Waals surface area (Å²) in [5.74, 6) is -1.52. The van der Waals surface area contributed by atoms with E-state index >= 15 is 0 Å². The Hall–Kier alpha value is -1.69. The molecule has 4 nitrogen and oxygen atoms in total. The maximum absolute atomic E-state index is 14.2. The third kappa shape index (κ3) is 2.47. The number of amides is 1. The van der Waals surface area contributed by atoms with Crippen molar-refractivity contribution in [2.75, 3.05) is 25.0 Å². The van der Waals surface area contributed by atoms with Gasteiger partial charge in [0.25, 0.3) is 0 Å². The van der Waals surface area contributed by atoms with E-state index in [1.54, 1.807) is 20.9 Å². The number of piperazine rings is 1. The van der Waals surface area contributed by atoms with Crippen LogP contribution in [0.3, 0.4) is 0 Å². The van der Waals surface area contributed by atoms with Gasteiger partial charge in [0.2, 0.25) is 5.91 Å². The molecule has 20 heavy (non-hydrogen) atoms. The lowest BCUT2D eigenvalue weighted by Gasteiger charge is -2.43. The molecule has 0 aromatic heterocycles. The van der Waals surface area contributed by atoms with Gasteiger partial charge in [-0.25, -0.2) is 8.78 Å². The van der Waals surface area contributed by atoms with E-state index in [0.717, 1.165) is 0 Å². The molecule has 110 valence electrons. The van der Waals surface area contributed by atoms with Gasteiger partial charge in [-0.3, -0.25) is 4.79 Å². The van der Waals surface area contributed by atoms with Crippen molar-refractivity contribution in [2.45, 2.75) is 25.9 Å². The molecule has 1 saturated heterocycles. The Balaban J connectivity index is 2.44. The summed E-state index contributed by atoms with van der Waals surface area (Å²) in [6, 6.07) is 2.61. The van der Waals surface area contributed by atoms with E-state index in [9.17, 15) is 13.6 Å². The first-order valence-electron chi connectivity index (χ1n) is 6.56. The monoisotopic (exact) mass is 283 g/mol. The van der Waals surface area contributed by atoms with E-state index in [0.29, 0.717) is 25.2 Å². The number of benzene rings is 1. The molecule has 1 aromatic carbocycles. The summed E-state index contributed by atoms with van der Waals surface area (Å²) < 4.78 is 28.5. The lowest BCUT2D eigenvalue weighted by Crippen LogP contribution is -2.62. The summed E-state index contributed by atoms with van der Waals surface area (Å²) in [4.78, 5) is 13.4. The molecule has 0 radical (unpaired) electrons. The van der Waals surface area contributed by atoms with Crippen molar-refractivity contribution >= 4 is 11.6 Å². The van der Waals surface area contributed by atoms with Crippen LogP contribution in [0.15, 0.2) is 12.1 Å². The van der Waals surface area contributed by atoms with E-state index < -0.39 is 17.2 Å².